The zero-order valence-corrected chi connectivity index (χ0v) is 11.9. The lowest BCUT2D eigenvalue weighted by Crippen LogP contribution is -2.25. The van der Waals surface area contributed by atoms with E-state index in [2.05, 4.69) is 0 Å². The largest absolute Gasteiger partial charge is 0.327 e. The van der Waals surface area contributed by atoms with Crippen molar-refractivity contribution in [1.82, 2.24) is 0 Å². The van der Waals surface area contributed by atoms with Crippen molar-refractivity contribution in [2.75, 3.05) is 0 Å². The summed E-state index contributed by atoms with van der Waals surface area (Å²) >= 11 is 6.06. The van der Waals surface area contributed by atoms with Crippen LogP contribution in [0.25, 0.3) is 0 Å². The van der Waals surface area contributed by atoms with Crippen LogP contribution in [0, 0.1) is 15.9 Å². The van der Waals surface area contributed by atoms with Crippen molar-refractivity contribution in [1.29, 1.82) is 0 Å². The van der Waals surface area contributed by atoms with Gasteiger partial charge in [0, 0.05) is 17.1 Å². The van der Waals surface area contributed by atoms with Crippen molar-refractivity contribution in [3.05, 3.63) is 74.5 Å². The summed E-state index contributed by atoms with van der Waals surface area (Å²) < 4.78 is 13.5. The molecule has 0 spiro atoms. The average Bonchev–Trinajstić information content (AvgIpc) is 2.41. The molecule has 0 fully saturated rings. The molecule has 0 aliphatic carbocycles. The molecule has 0 saturated heterocycles. The molecule has 0 radical (unpaired) electrons. The predicted molar refractivity (Wildman–Crippen MR) is 79.9 cm³/mol. The molecule has 2 N–H and O–H groups in total. The van der Waals surface area contributed by atoms with Gasteiger partial charge in [0.1, 0.15) is 0 Å². The Balaban J connectivity index is 2.06. The van der Waals surface area contributed by atoms with Crippen molar-refractivity contribution >= 4 is 17.3 Å². The minimum atomic E-state index is -0.845. The number of nitro groups is 1. The van der Waals surface area contributed by atoms with Crippen molar-refractivity contribution in [2.24, 2.45) is 5.73 Å². The Morgan fingerprint density at radius 2 is 1.95 bits per heavy atom. The number of nitrogens with zero attached hydrogens (tertiary/aromatic N) is 1. The summed E-state index contributed by atoms with van der Waals surface area (Å²) in [6.45, 7) is 0. The molecule has 0 saturated carbocycles. The molecule has 4 nitrogen and oxygen atoms in total. The number of hydrogen-bond acceptors (Lipinski definition) is 3. The summed E-state index contributed by atoms with van der Waals surface area (Å²) in [5.41, 5.74) is 7.06. The third-order valence-corrected chi connectivity index (χ3v) is 3.52. The van der Waals surface area contributed by atoms with Crippen LogP contribution in [0.4, 0.5) is 10.1 Å². The smallest absolute Gasteiger partial charge is 0.304 e. The third kappa shape index (κ3) is 4.00. The number of halogens is 2. The lowest BCUT2D eigenvalue weighted by Gasteiger charge is -2.13. The third-order valence-electron chi connectivity index (χ3n) is 3.15. The molecule has 110 valence electrons. The molecule has 0 heterocycles. The minimum Gasteiger partial charge on any atom is -0.327 e. The van der Waals surface area contributed by atoms with Crippen LogP contribution in [0.1, 0.15) is 11.1 Å². The Morgan fingerprint density at radius 3 is 2.57 bits per heavy atom. The van der Waals surface area contributed by atoms with E-state index in [1.54, 1.807) is 6.07 Å². The highest BCUT2D eigenvalue weighted by molar-refractivity contribution is 6.31. The van der Waals surface area contributed by atoms with Crippen molar-refractivity contribution < 1.29 is 9.31 Å². The second-order valence-corrected chi connectivity index (χ2v) is 5.21. The van der Waals surface area contributed by atoms with Gasteiger partial charge < -0.3 is 5.73 Å². The van der Waals surface area contributed by atoms with Crippen LogP contribution in [0.3, 0.4) is 0 Å². The molecule has 1 atom stereocenters. The van der Waals surface area contributed by atoms with Gasteiger partial charge in [-0.15, -0.1) is 0 Å². The molecule has 0 bridgehead atoms. The number of nitro benzene ring substituents is 1. The molecular weight excluding hydrogens is 295 g/mol. The van der Waals surface area contributed by atoms with Crippen LogP contribution in [-0.4, -0.2) is 11.0 Å². The summed E-state index contributed by atoms with van der Waals surface area (Å²) in [5.74, 6) is -0.845. The number of rotatable bonds is 5. The average molecular weight is 309 g/mol. The molecule has 1 unspecified atom stereocenters. The molecule has 21 heavy (non-hydrogen) atoms. The number of hydrogen-bond donors (Lipinski definition) is 1. The molecule has 0 aliphatic rings. The summed E-state index contributed by atoms with van der Waals surface area (Å²) in [5, 5.41) is 11.2. The minimum absolute atomic E-state index is 0.245. The van der Waals surface area contributed by atoms with Gasteiger partial charge in [0.05, 0.1) is 4.92 Å². The Kier molecular flexibility index (Phi) is 4.88. The highest BCUT2D eigenvalue weighted by Crippen LogP contribution is 2.20. The quantitative estimate of drug-likeness (QED) is 0.679. The van der Waals surface area contributed by atoms with Crippen LogP contribution in [0.5, 0.6) is 0 Å². The summed E-state index contributed by atoms with van der Waals surface area (Å²) in [6, 6.07) is 11.0. The van der Waals surface area contributed by atoms with E-state index in [4.69, 9.17) is 17.3 Å². The van der Waals surface area contributed by atoms with E-state index in [0.717, 1.165) is 17.7 Å². The SMILES string of the molecule is NC(Cc1ccc([N+](=O)[O-])c(F)c1)Cc1ccccc1Cl. The summed E-state index contributed by atoms with van der Waals surface area (Å²) in [7, 11) is 0. The fourth-order valence-corrected chi connectivity index (χ4v) is 2.36. The molecule has 2 rings (SSSR count). The first-order valence-electron chi connectivity index (χ1n) is 6.39. The van der Waals surface area contributed by atoms with Gasteiger partial charge >= 0.3 is 5.69 Å². The zero-order chi connectivity index (χ0) is 15.4. The lowest BCUT2D eigenvalue weighted by atomic mass is 9.99. The van der Waals surface area contributed by atoms with E-state index in [9.17, 15) is 14.5 Å². The van der Waals surface area contributed by atoms with E-state index in [1.807, 2.05) is 18.2 Å². The Labute approximate surface area is 126 Å². The molecule has 6 heteroatoms. The molecule has 2 aromatic rings. The lowest BCUT2D eigenvalue weighted by molar-refractivity contribution is -0.387. The van der Waals surface area contributed by atoms with Gasteiger partial charge in [-0.1, -0.05) is 35.9 Å². The summed E-state index contributed by atoms with van der Waals surface area (Å²) in [6.07, 6.45) is 0.971. The predicted octanol–water partition coefficient (Wildman–Crippen LogP) is 3.50. The van der Waals surface area contributed by atoms with Crippen molar-refractivity contribution in [2.45, 2.75) is 18.9 Å². The topological polar surface area (TPSA) is 69.2 Å². The normalized spacial score (nSPS) is 12.1. The van der Waals surface area contributed by atoms with E-state index >= 15 is 0 Å². The van der Waals surface area contributed by atoms with E-state index in [1.165, 1.54) is 6.07 Å². The number of nitrogens with two attached hydrogens (primary N) is 1. The van der Waals surface area contributed by atoms with Gasteiger partial charge in [0.15, 0.2) is 0 Å². The van der Waals surface area contributed by atoms with Gasteiger partial charge in [-0.2, -0.15) is 4.39 Å². The Morgan fingerprint density at radius 1 is 1.24 bits per heavy atom. The Bertz CT molecular complexity index is 664. The maximum Gasteiger partial charge on any atom is 0.304 e. The second kappa shape index (κ2) is 6.65. The second-order valence-electron chi connectivity index (χ2n) is 4.80. The van der Waals surface area contributed by atoms with Crippen molar-refractivity contribution in [3.8, 4) is 0 Å². The van der Waals surface area contributed by atoms with E-state index in [0.29, 0.717) is 23.4 Å². The van der Waals surface area contributed by atoms with Crippen molar-refractivity contribution in [3.63, 3.8) is 0 Å². The first-order valence-corrected chi connectivity index (χ1v) is 6.77. The number of benzene rings is 2. The van der Waals surface area contributed by atoms with Crippen LogP contribution in [-0.2, 0) is 12.8 Å². The first-order chi connectivity index (χ1) is 9.97. The van der Waals surface area contributed by atoms with E-state index < -0.39 is 16.4 Å². The molecular formula is C15H14ClFN2O2. The molecule has 0 aliphatic heterocycles. The maximum atomic E-state index is 13.5. The van der Waals surface area contributed by atoms with Crippen LogP contribution >= 0.6 is 11.6 Å². The highest BCUT2D eigenvalue weighted by Gasteiger charge is 2.15. The molecule has 2 aromatic carbocycles. The van der Waals surface area contributed by atoms with E-state index in [-0.39, 0.29) is 6.04 Å². The maximum absolute atomic E-state index is 13.5. The molecule has 0 amide bonds. The fourth-order valence-electron chi connectivity index (χ4n) is 2.15. The fraction of sp³-hybridized carbons (Fsp3) is 0.200. The van der Waals surface area contributed by atoms with Crippen LogP contribution in [0.2, 0.25) is 5.02 Å². The van der Waals surface area contributed by atoms with Gasteiger partial charge in [0.25, 0.3) is 0 Å². The highest BCUT2D eigenvalue weighted by atomic mass is 35.5. The Hall–Kier alpha value is -1.98. The van der Waals surface area contributed by atoms with Gasteiger partial charge in [0.2, 0.25) is 5.82 Å². The van der Waals surface area contributed by atoms with Crippen LogP contribution < -0.4 is 5.73 Å². The zero-order valence-electron chi connectivity index (χ0n) is 11.1. The van der Waals surface area contributed by atoms with Gasteiger partial charge in [-0.25, -0.2) is 0 Å². The monoisotopic (exact) mass is 308 g/mol. The standard InChI is InChI=1S/C15H14ClFN2O2/c16-13-4-2-1-3-11(13)9-12(18)7-10-5-6-15(19(20)21)14(17)8-10/h1-6,8,12H,7,9,18H2. The summed E-state index contributed by atoms with van der Waals surface area (Å²) in [4.78, 5) is 9.81. The van der Waals surface area contributed by atoms with Gasteiger partial charge in [-0.05, 0) is 36.1 Å². The van der Waals surface area contributed by atoms with Crippen LogP contribution in [0.15, 0.2) is 42.5 Å². The van der Waals surface area contributed by atoms with Gasteiger partial charge in [-0.3, -0.25) is 10.1 Å². The first kappa shape index (κ1) is 15.4. The molecule has 0 aromatic heterocycles.